The lowest BCUT2D eigenvalue weighted by molar-refractivity contribution is -0.147. The van der Waals surface area contributed by atoms with Crippen LogP contribution >= 0.6 is 15.9 Å². The number of hydrogen-bond donors (Lipinski definition) is 1. The molecule has 0 saturated heterocycles. The monoisotopic (exact) mass is 345 g/mol. The van der Waals surface area contributed by atoms with Crippen LogP contribution in [0.5, 0.6) is 0 Å². The highest BCUT2D eigenvalue weighted by molar-refractivity contribution is 9.10. The van der Waals surface area contributed by atoms with E-state index in [1.165, 1.54) is 19.2 Å². The van der Waals surface area contributed by atoms with E-state index in [1.54, 1.807) is 6.92 Å². The van der Waals surface area contributed by atoms with Crippen LogP contribution in [-0.2, 0) is 9.53 Å². The molecule has 1 amide bonds. The normalized spacial score (nSPS) is 13.4. The lowest BCUT2D eigenvalue weighted by Crippen LogP contribution is -2.52. The van der Waals surface area contributed by atoms with Gasteiger partial charge in [-0.25, -0.2) is 9.18 Å². The van der Waals surface area contributed by atoms with Crippen molar-refractivity contribution in [3.8, 4) is 0 Å². The Labute approximate surface area is 125 Å². The van der Waals surface area contributed by atoms with E-state index in [4.69, 9.17) is 4.74 Å². The molecule has 0 aromatic heterocycles. The minimum absolute atomic E-state index is 0.135. The molecule has 0 aliphatic rings. The van der Waals surface area contributed by atoms with Gasteiger partial charge in [0.25, 0.3) is 5.91 Å². The molecule has 0 saturated carbocycles. The van der Waals surface area contributed by atoms with Crippen molar-refractivity contribution in [1.82, 2.24) is 5.32 Å². The van der Waals surface area contributed by atoms with E-state index in [2.05, 4.69) is 21.2 Å². The Hall–Kier alpha value is -1.43. The number of carbonyl (C=O) groups is 2. The highest BCUT2D eigenvalue weighted by Gasteiger charge is 2.35. The fraction of sp³-hybridized carbons (Fsp3) is 0.429. The summed E-state index contributed by atoms with van der Waals surface area (Å²) < 4.78 is 18.4. The average Bonchev–Trinajstić information content (AvgIpc) is 2.40. The SMILES string of the molecule is CCCC(C)(NC(=O)c1cc(F)ccc1Br)C(=O)OC. The number of ether oxygens (including phenoxy) is 1. The summed E-state index contributed by atoms with van der Waals surface area (Å²) >= 11 is 3.19. The second-order valence-corrected chi connectivity index (χ2v) is 5.51. The smallest absolute Gasteiger partial charge is 0.331 e. The van der Waals surface area contributed by atoms with Crippen LogP contribution in [0.3, 0.4) is 0 Å². The molecular formula is C14H17BrFNO3. The zero-order valence-electron chi connectivity index (χ0n) is 11.6. The molecule has 1 unspecified atom stereocenters. The van der Waals surface area contributed by atoms with Gasteiger partial charge in [-0.2, -0.15) is 0 Å². The van der Waals surface area contributed by atoms with E-state index in [-0.39, 0.29) is 5.56 Å². The third-order valence-electron chi connectivity index (χ3n) is 2.95. The molecule has 1 atom stereocenters. The summed E-state index contributed by atoms with van der Waals surface area (Å²) in [6.07, 6.45) is 1.12. The predicted molar refractivity (Wildman–Crippen MR) is 76.9 cm³/mol. The first kappa shape index (κ1) is 16.6. The molecular weight excluding hydrogens is 329 g/mol. The van der Waals surface area contributed by atoms with Crippen LogP contribution in [0.25, 0.3) is 0 Å². The lowest BCUT2D eigenvalue weighted by Gasteiger charge is -2.27. The van der Waals surface area contributed by atoms with Crippen molar-refractivity contribution in [2.45, 2.75) is 32.2 Å². The van der Waals surface area contributed by atoms with Gasteiger partial charge in [-0.1, -0.05) is 13.3 Å². The zero-order valence-corrected chi connectivity index (χ0v) is 13.2. The fourth-order valence-electron chi connectivity index (χ4n) is 1.93. The van der Waals surface area contributed by atoms with E-state index in [0.29, 0.717) is 17.3 Å². The van der Waals surface area contributed by atoms with Crippen molar-refractivity contribution in [2.24, 2.45) is 0 Å². The Balaban J connectivity index is 3.02. The number of amides is 1. The molecule has 1 aromatic carbocycles. The topological polar surface area (TPSA) is 55.4 Å². The van der Waals surface area contributed by atoms with E-state index in [9.17, 15) is 14.0 Å². The molecule has 110 valence electrons. The molecule has 1 N–H and O–H groups in total. The Morgan fingerprint density at radius 3 is 2.65 bits per heavy atom. The van der Waals surface area contributed by atoms with Crippen molar-refractivity contribution in [3.63, 3.8) is 0 Å². The van der Waals surface area contributed by atoms with Crippen molar-refractivity contribution in [1.29, 1.82) is 0 Å². The van der Waals surface area contributed by atoms with Crippen LogP contribution in [0.2, 0.25) is 0 Å². The standard InChI is InChI=1S/C14H17BrFNO3/c1-4-7-14(2,13(19)20-3)17-12(18)10-8-9(16)5-6-11(10)15/h5-6,8H,4,7H2,1-3H3,(H,17,18). The third kappa shape index (κ3) is 3.79. The largest absolute Gasteiger partial charge is 0.467 e. The Morgan fingerprint density at radius 1 is 1.45 bits per heavy atom. The van der Waals surface area contributed by atoms with E-state index >= 15 is 0 Å². The van der Waals surface area contributed by atoms with E-state index in [1.807, 2.05) is 6.92 Å². The minimum atomic E-state index is -1.13. The summed E-state index contributed by atoms with van der Waals surface area (Å²) in [7, 11) is 1.26. The van der Waals surface area contributed by atoms with Crippen molar-refractivity contribution in [3.05, 3.63) is 34.1 Å². The van der Waals surface area contributed by atoms with Gasteiger partial charge in [-0.15, -0.1) is 0 Å². The van der Waals surface area contributed by atoms with Gasteiger partial charge in [0, 0.05) is 4.47 Å². The average molecular weight is 346 g/mol. The molecule has 0 aliphatic carbocycles. The lowest BCUT2D eigenvalue weighted by atomic mass is 9.95. The maximum Gasteiger partial charge on any atom is 0.331 e. The van der Waals surface area contributed by atoms with Gasteiger partial charge in [0.1, 0.15) is 11.4 Å². The summed E-state index contributed by atoms with van der Waals surface area (Å²) in [5.74, 6) is -1.58. The first-order chi connectivity index (χ1) is 9.34. The van der Waals surface area contributed by atoms with Gasteiger partial charge in [-0.3, -0.25) is 4.79 Å². The summed E-state index contributed by atoms with van der Waals surface area (Å²) in [5, 5.41) is 2.62. The van der Waals surface area contributed by atoms with Gasteiger partial charge < -0.3 is 10.1 Å². The molecule has 1 rings (SSSR count). The van der Waals surface area contributed by atoms with Crippen LogP contribution in [0, 0.1) is 5.82 Å². The van der Waals surface area contributed by atoms with Gasteiger partial charge in [0.2, 0.25) is 0 Å². The second kappa shape index (κ2) is 6.83. The van der Waals surface area contributed by atoms with E-state index < -0.39 is 23.2 Å². The van der Waals surface area contributed by atoms with Crippen LogP contribution in [0.1, 0.15) is 37.0 Å². The van der Waals surface area contributed by atoms with Crippen molar-refractivity contribution in [2.75, 3.05) is 7.11 Å². The van der Waals surface area contributed by atoms with Crippen LogP contribution in [0.4, 0.5) is 4.39 Å². The quantitative estimate of drug-likeness (QED) is 0.834. The Kier molecular flexibility index (Phi) is 5.68. The first-order valence-electron chi connectivity index (χ1n) is 6.20. The van der Waals surface area contributed by atoms with Crippen molar-refractivity contribution < 1.29 is 18.7 Å². The molecule has 0 spiro atoms. The summed E-state index contributed by atoms with van der Waals surface area (Å²) in [6, 6.07) is 3.80. The Morgan fingerprint density at radius 2 is 2.10 bits per heavy atom. The maximum absolute atomic E-state index is 13.2. The maximum atomic E-state index is 13.2. The highest BCUT2D eigenvalue weighted by Crippen LogP contribution is 2.20. The molecule has 0 radical (unpaired) electrons. The number of nitrogens with one attached hydrogen (secondary N) is 1. The number of esters is 1. The summed E-state index contributed by atoms with van der Waals surface area (Å²) in [4.78, 5) is 24.0. The van der Waals surface area contributed by atoms with Gasteiger partial charge in [0.15, 0.2) is 0 Å². The van der Waals surface area contributed by atoms with Crippen molar-refractivity contribution >= 4 is 27.8 Å². The van der Waals surface area contributed by atoms with Gasteiger partial charge >= 0.3 is 5.97 Å². The molecule has 0 fully saturated rings. The van der Waals surface area contributed by atoms with E-state index in [0.717, 1.165) is 6.07 Å². The molecule has 0 heterocycles. The van der Waals surface area contributed by atoms with Crippen LogP contribution < -0.4 is 5.32 Å². The minimum Gasteiger partial charge on any atom is -0.467 e. The zero-order chi connectivity index (χ0) is 15.3. The number of rotatable bonds is 5. The highest BCUT2D eigenvalue weighted by atomic mass is 79.9. The van der Waals surface area contributed by atoms with Crippen LogP contribution in [-0.4, -0.2) is 24.5 Å². The number of benzene rings is 1. The van der Waals surface area contributed by atoms with Gasteiger partial charge in [-0.05, 0) is 47.5 Å². The third-order valence-corrected chi connectivity index (χ3v) is 3.64. The first-order valence-corrected chi connectivity index (χ1v) is 6.99. The molecule has 1 aromatic rings. The molecule has 4 nitrogen and oxygen atoms in total. The summed E-state index contributed by atoms with van der Waals surface area (Å²) in [5.41, 5.74) is -0.997. The molecule has 20 heavy (non-hydrogen) atoms. The Bertz CT molecular complexity index is 521. The number of halogens is 2. The number of methoxy groups -OCH3 is 1. The predicted octanol–water partition coefficient (Wildman–Crippen LogP) is 3.05. The van der Waals surface area contributed by atoms with Crippen LogP contribution in [0.15, 0.2) is 22.7 Å². The second-order valence-electron chi connectivity index (χ2n) is 4.65. The molecule has 0 aliphatic heterocycles. The summed E-state index contributed by atoms with van der Waals surface area (Å²) in [6.45, 7) is 3.49. The molecule has 6 heteroatoms. The number of hydrogen-bond acceptors (Lipinski definition) is 3. The van der Waals surface area contributed by atoms with Gasteiger partial charge in [0.05, 0.1) is 12.7 Å². The molecule has 0 bridgehead atoms. The fourth-order valence-corrected chi connectivity index (χ4v) is 2.36. The number of carbonyl (C=O) groups excluding carboxylic acids is 2.